The Morgan fingerprint density at radius 2 is 2.19 bits per heavy atom. The number of nitrogens with one attached hydrogen (secondary N) is 1. The fraction of sp³-hybridized carbons (Fsp3) is 0.412. The summed E-state index contributed by atoms with van der Waals surface area (Å²) >= 11 is 6.16. The van der Waals surface area contributed by atoms with Gasteiger partial charge in [0.15, 0.2) is 0 Å². The molecule has 1 aromatic heterocycles. The average Bonchev–Trinajstić information content (AvgIpc) is 3.14. The number of ether oxygens (including phenoxy) is 1. The molecule has 2 aromatic rings. The van der Waals surface area contributed by atoms with Crippen molar-refractivity contribution < 1.29 is 9.15 Å². The minimum atomic E-state index is 0.356. The molecule has 0 aliphatic carbocycles. The Morgan fingerprint density at radius 1 is 1.29 bits per heavy atom. The zero-order valence-electron chi connectivity index (χ0n) is 12.2. The van der Waals surface area contributed by atoms with Crippen LogP contribution in [0.1, 0.15) is 24.2 Å². The van der Waals surface area contributed by atoms with Crippen LogP contribution in [0.25, 0.3) is 11.3 Å². The lowest BCUT2D eigenvalue weighted by Crippen LogP contribution is -2.25. The lowest BCUT2D eigenvalue weighted by atomic mass is 10.1. The topological polar surface area (TPSA) is 34.4 Å². The lowest BCUT2D eigenvalue weighted by molar-refractivity contribution is 0.109. The summed E-state index contributed by atoms with van der Waals surface area (Å²) in [5.74, 6) is 1.80. The van der Waals surface area contributed by atoms with Crippen LogP contribution in [0.15, 0.2) is 34.7 Å². The summed E-state index contributed by atoms with van der Waals surface area (Å²) in [5, 5.41) is 4.16. The fourth-order valence-corrected chi connectivity index (χ4v) is 2.83. The highest BCUT2D eigenvalue weighted by molar-refractivity contribution is 6.31. The van der Waals surface area contributed by atoms with E-state index in [1.54, 1.807) is 0 Å². The summed E-state index contributed by atoms with van der Waals surface area (Å²) in [4.78, 5) is 0. The molecule has 0 radical (unpaired) electrons. The van der Waals surface area contributed by atoms with Crippen molar-refractivity contribution in [3.63, 3.8) is 0 Å². The van der Waals surface area contributed by atoms with Gasteiger partial charge in [-0.25, -0.2) is 0 Å². The van der Waals surface area contributed by atoms with Crippen LogP contribution in [0.2, 0.25) is 5.02 Å². The molecule has 0 unspecified atom stereocenters. The van der Waals surface area contributed by atoms with E-state index in [1.165, 1.54) is 6.42 Å². The van der Waals surface area contributed by atoms with Gasteiger partial charge in [-0.05, 0) is 43.5 Å². The van der Waals surface area contributed by atoms with Crippen molar-refractivity contribution in [2.45, 2.75) is 32.4 Å². The quantitative estimate of drug-likeness (QED) is 0.900. The number of hydrogen-bond acceptors (Lipinski definition) is 3. The molecule has 0 amide bonds. The number of hydrogen-bond donors (Lipinski definition) is 1. The van der Waals surface area contributed by atoms with E-state index in [2.05, 4.69) is 5.32 Å². The van der Waals surface area contributed by atoms with Crippen molar-refractivity contribution in [3.05, 3.63) is 46.7 Å². The van der Waals surface area contributed by atoms with Crippen LogP contribution in [-0.4, -0.2) is 19.3 Å². The third-order valence-corrected chi connectivity index (χ3v) is 4.30. The molecule has 1 fully saturated rings. The minimum Gasteiger partial charge on any atom is -0.460 e. The molecule has 0 bridgehead atoms. The van der Waals surface area contributed by atoms with Crippen LogP contribution in [0.5, 0.6) is 0 Å². The van der Waals surface area contributed by atoms with E-state index in [9.17, 15) is 0 Å². The molecule has 112 valence electrons. The number of furan rings is 1. The van der Waals surface area contributed by atoms with Crippen molar-refractivity contribution in [1.29, 1.82) is 0 Å². The molecule has 1 atom stereocenters. The van der Waals surface area contributed by atoms with Crippen molar-refractivity contribution >= 4 is 11.6 Å². The zero-order valence-corrected chi connectivity index (χ0v) is 13.0. The van der Waals surface area contributed by atoms with Crippen LogP contribution in [0.4, 0.5) is 0 Å². The minimum absolute atomic E-state index is 0.356. The first-order valence-electron chi connectivity index (χ1n) is 7.40. The summed E-state index contributed by atoms with van der Waals surface area (Å²) in [6.45, 7) is 4.51. The SMILES string of the molecule is Cc1c(Cl)cccc1-c1ccc(CNC[C@@H]2CCCO2)o1. The summed E-state index contributed by atoms with van der Waals surface area (Å²) < 4.78 is 11.5. The van der Waals surface area contributed by atoms with E-state index in [-0.39, 0.29) is 0 Å². The Kier molecular flexibility index (Phi) is 4.63. The highest BCUT2D eigenvalue weighted by Crippen LogP contribution is 2.29. The Hall–Kier alpha value is -1.29. The van der Waals surface area contributed by atoms with Crippen molar-refractivity contribution in [3.8, 4) is 11.3 Å². The smallest absolute Gasteiger partial charge is 0.134 e. The van der Waals surface area contributed by atoms with E-state index < -0.39 is 0 Å². The summed E-state index contributed by atoms with van der Waals surface area (Å²) in [5.41, 5.74) is 2.10. The van der Waals surface area contributed by atoms with Gasteiger partial charge in [0.1, 0.15) is 11.5 Å². The van der Waals surface area contributed by atoms with Gasteiger partial charge in [-0.15, -0.1) is 0 Å². The van der Waals surface area contributed by atoms with Gasteiger partial charge in [-0.3, -0.25) is 0 Å². The second-order valence-corrected chi connectivity index (χ2v) is 5.85. The van der Waals surface area contributed by atoms with Crippen molar-refractivity contribution in [2.24, 2.45) is 0 Å². The summed E-state index contributed by atoms with van der Waals surface area (Å²) in [6.07, 6.45) is 2.68. The van der Waals surface area contributed by atoms with Gasteiger partial charge in [-0.1, -0.05) is 23.7 Å². The monoisotopic (exact) mass is 305 g/mol. The maximum atomic E-state index is 6.16. The zero-order chi connectivity index (χ0) is 14.7. The largest absolute Gasteiger partial charge is 0.460 e. The molecule has 1 aliphatic rings. The van der Waals surface area contributed by atoms with Crippen LogP contribution in [-0.2, 0) is 11.3 Å². The number of halogens is 1. The molecule has 21 heavy (non-hydrogen) atoms. The van der Waals surface area contributed by atoms with Crippen molar-refractivity contribution in [2.75, 3.05) is 13.2 Å². The Morgan fingerprint density at radius 3 is 3.00 bits per heavy atom. The maximum absolute atomic E-state index is 6.16. The van der Waals surface area contributed by atoms with Gasteiger partial charge < -0.3 is 14.5 Å². The predicted octanol–water partition coefficient (Wildman–Crippen LogP) is 4.18. The van der Waals surface area contributed by atoms with Gasteiger partial charge in [0.2, 0.25) is 0 Å². The first kappa shape index (κ1) is 14.6. The van der Waals surface area contributed by atoms with Crippen molar-refractivity contribution in [1.82, 2.24) is 5.32 Å². The van der Waals surface area contributed by atoms with Crippen LogP contribution >= 0.6 is 11.6 Å². The molecule has 1 saturated heterocycles. The van der Waals surface area contributed by atoms with Gasteiger partial charge >= 0.3 is 0 Å². The molecule has 1 aliphatic heterocycles. The van der Waals surface area contributed by atoms with E-state index in [4.69, 9.17) is 20.8 Å². The molecule has 2 heterocycles. The first-order chi connectivity index (χ1) is 10.2. The maximum Gasteiger partial charge on any atom is 0.134 e. The molecule has 1 N–H and O–H groups in total. The normalized spacial score (nSPS) is 18.3. The van der Waals surface area contributed by atoms with E-state index in [0.717, 1.165) is 53.8 Å². The molecule has 4 heteroatoms. The molecule has 3 nitrogen and oxygen atoms in total. The van der Waals surface area contributed by atoms with Crippen LogP contribution < -0.4 is 5.32 Å². The van der Waals surface area contributed by atoms with E-state index in [1.807, 2.05) is 37.3 Å². The summed E-state index contributed by atoms with van der Waals surface area (Å²) in [7, 11) is 0. The highest BCUT2D eigenvalue weighted by atomic mass is 35.5. The molecule has 3 rings (SSSR count). The van der Waals surface area contributed by atoms with Gasteiger partial charge in [-0.2, -0.15) is 0 Å². The van der Waals surface area contributed by atoms with Gasteiger partial charge in [0.05, 0.1) is 12.6 Å². The third-order valence-electron chi connectivity index (χ3n) is 3.89. The molecule has 1 aromatic carbocycles. The lowest BCUT2D eigenvalue weighted by Gasteiger charge is -2.09. The molecular weight excluding hydrogens is 286 g/mol. The third kappa shape index (κ3) is 3.49. The summed E-state index contributed by atoms with van der Waals surface area (Å²) in [6, 6.07) is 9.89. The number of benzene rings is 1. The second kappa shape index (κ2) is 6.65. The first-order valence-corrected chi connectivity index (χ1v) is 7.78. The van der Waals surface area contributed by atoms with E-state index in [0.29, 0.717) is 6.10 Å². The Bertz CT molecular complexity index is 603. The van der Waals surface area contributed by atoms with E-state index >= 15 is 0 Å². The predicted molar refractivity (Wildman–Crippen MR) is 84.6 cm³/mol. The molecular formula is C17H20ClNO2. The molecule has 0 spiro atoms. The van der Waals surface area contributed by atoms with Gasteiger partial charge in [0.25, 0.3) is 0 Å². The fourth-order valence-electron chi connectivity index (χ4n) is 2.65. The van der Waals surface area contributed by atoms with Crippen LogP contribution in [0, 0.1) is 6.92 Å². The highest BCUT2D eigenvalue weighted by Gasteiger charge is 2.15. The standard InChI is InChI=1S/C17H20ClNO2/c1-12-15(5-2-6-16(12)18)17-8-7-14(21-17)11-19-10-13-4-3-9-20-13/h2,5-8,13,19H,3-4,9-11H2,1H3/t13-/m0/s1. The van der Waals surface area contributed by atoms with Gasteiger partial charge in [0, 0.05) is 23.7 Å². The Labute approximate surface area is 130 Å². The van der Waals surface area contributed by atoms with Crippen LogP contribution in [0.3, 0.4) is 0 Å². The Balaban J connectivity index is 1.61. The average molecular weight is 306 g/mol. The number of rotatable bonds is 5. The second-order valence-electron chi connectivity index (χ2n) is 5.44. The molecule has 0 saturated carbocycles.